The SMILES string of the molecule is COCCCCCNC(C(=O)O)C(C)C. The normalized spacial score (nSPS) is 13.1. The third kappa shape index (κ3) is 7.33. The van der Waals surface area contributed by atoms with Crippen LogP contribution in [-0.2, 0) is 9.53 Å². The van der Waals surface area contributed by atoms with Crippen molar-refractivity contribution >= 4 is 5.97 Å². The van der Waals surface area contributed by atoms with Crippen molar-refractivity contribution in [1.82, 2.24) is 5.32 Å². The van der Waals surface area contributed by atoms with E-state index in [4.69, 9.17) is 9.84 Å². The Balaban J connectivity index is 3.50. The van der Waals surface area contributed by atoms with Crippen LogP contribution in [0.5, 0.6) is 0 Å². The summed E-state index contributed by atoms with van der Waals surface area (Å²) in [5, 5.41) is 12.0. The van der Waals surface area contributed by atoms with Crippen molar-refractivity contribution < 1.29 is 14.6 Å². The number of ether oxygens (including phenoxy) is 1. The van der Waals surface area contributed by atoms with Crippen LogP contribution in [-0.4, -0.2) is 37.4 Å². The predicted octanol–water partition coefficient (Wildman–Crippen LogP) is 1.50. The van der Waals surface area contributed by atoms with E-state index in [1.807, 2.05) is 13.8 Å². The standard InChI is InChI=1S/C11H23NO3/c1-9(2)10(11(13)14)12-7-5-4-6-8-15-3/h9-10,12H,4-8H2,1-3H3,(H,13,14). The van der Waals surface area contributed by atoms with Gasteiger partial charge in [0.15, 0.2) is 0 Å². The molecule has 0 amide bonds. The van der Waals surface area contributed by atoms with Crippen LogP contribution in [0, 0.1) is 5.92 Å². The van der Waals surface area contributed by atoms with Crippen LogP contribution in [0.3, 0.4) is 0 Å². The first-order valence-electron chi connectivity index (χ1n) is 5.54. The molecule has 1 atom stereocenters. The highest BCUT2D eigenvalue weighted by atomic mass is 16.5. The molecular formula is C11H23NO3. The van der Waals surface area contributed by atoms with Gasteiger partial charge < -0.3 is 15.2 Å². The first kappa shape index (κ1) is 14.4. The van der Waals surface area contributed by atoms with Gasteiger partial charge >= 0.3 is 5.97 Å². The van der Waals surface area contributed by atoms with Crippen LogP contribution in [0.4, 0.5) is 0 Å². The van der Waals surface area contributed by atoms with Crippen molar-refractivity contribution in [3.8, 4) is 0 Å². The smallest absolute Gasteiger partial charge is 0.320 e. The maximum Gasteiger partial charge on any atom is 0.320 e. The largest absolute Gasteiger partial charge is 0.480 e. The number of carboxylic acids is 1. The number of hydrogen-bond donors (Lipinski definition) is 2. The Morgan fingerprint density at radius 3 is 2.47 bits per heavy atom. The van der Waals surface area contributed by atoms with E-state index in [-0.39, 0.29) is 5.92 Å². The molecule has 2 N–H and O–H groups in total. The van der Waals surface area contributed by atoms with Crippen LogP contribution >= 0.6 is 0 Å². The second-order valence-corrected chi connectivity index (χ2v) is 4.07. The molecule has 0 rings (SSSR count). The van der Waals surface area contributed by atoms with E-state index in [0.717, 1.165) is 32.4 Å². The Bertz CT molecular complexity index is 171. The Morgan fingerprint density at radius 1 is 1.33 bits per heavy atom. The molecule has 0 heterocycles. The Hall–Kier alpha value is -0.610. The minimum absolute atomic E-state index is 0.126. The average molecular weight is 217 g/mol. The molecule has 1 unspecified atom stereocenters. The molecule has 0 aliphatic heterocycles. The molecule has 0 aliphatic rings. The molecule has 0 aromatic heterocycles. The first-order chi connectivity index (χ1) is 7.09. The highest BCUT2D eigenvalue weighted by Gasteiger charge is 2.19. The molecule has 0 radical (unpaired) electrons. The summed E-state index contributed by atoms with van der Waals surface area (Å²) in [6.07, 6.45) is 3.11. The number of aliphatic carboxylic acids is 1. The zero-order valence-electron chi connectivity index (χ0n) is 9.95. The maximum absolute atomic E-state index is 10.8. The van der Waals surface area contributed by atoms with E-state index in [1.54, 1.807) is 7.11 Å². The van der Waals surface area contributed by atoms with Gasteiger partial charge in [-0.1, -0.05) is 13.8 Å². The van der Waals surface area contributed by atoms with Gasteiger partial charge in [-0.25, -0.2) is 0 Å². The molecule has 0 bridgehead atoms. The monoisotopic (exact) mass is 217 g/mol. The topological polar surface area (TPSA) is 58.6 Å². The van der Waals surface area contributed by atoms with Crippen molar-refractivity contribution in [2.75, 3.05) is 20.3 Å². The van der Waals surface area contributed by atoms with Crippen molar-refractivity contribution in [3.63, 3.8) is 0 Å². The number of hydrogen-bond acceptors (Lipinski definition) is 3. The summed E-state index contributed by atoms with van der Waals surface area (Å²) in [5.74, 6) is -0.636. The summed E-state index contributed by atoms with van der Waals surface area (Å²) in [5.41, 5.74) is 0. The van der Waals surface area contributed by atoms with Gasteiger partial charge in [0.1, 0.15) is 6.04 Å². The van der Waals surface area contributed by atoms with E-state index < -0.39 is 12.0 Å². The molecule has 4 nitrogen and oxygen atoms in total. The van der Waals surface area contributed by atoms with Gasteiger partial charge in [0, 0.05) is 13.7 Å². The van der Waals surface area contributed by atoms with Gasteiger partial charge in [0.2, 0.25) is 0 Å². The van der Waals surface area contributed by atoms with E-state index in [0.29, 0.717) is 0 Å². The highest BCUT2D eigenvalue weighted by molar-refractivity contribution is 5.73. The van der Waals surface area contributed by atoms with E-state index >= 15 is 0 Å². The molecule has 0 aromatic rings. The van der Waals surface area contributed by atoms with Gasteiger partial charge in [0.25, 0.3) is 0 Å². The minimum atomic E-state index is -0.762. The highest BCUT2D eigenvalue weighted by Crippen LogP contribution is 2.02. The summed E-state index contributed by atoms with van der Waals surface area (Å²) in [7, 11) is 1.69. The number of carbonyl (C=O) groups is 1. The number of rotatable bonds is 9. The third-order valence-corrected chi connectivity index (χ3v) is 2.32. The number of methoxy groups -OCH3 is 1. The molecule has 0 spiro atoms. The van der Waals surface area contributed by atoms with Crippen LogP contribution in [0.2, 0.25) is 0 Å². The predicted molar refractivity (Wildman–Crippen MR) is 60.0 cm³/mol. The Morgan fingerprint density at radius 2 is 2.00 bits per heavy atom. The van der Waals surface area contributed by atoms with Crippen molar-refractivity contribution in [1.29, 1.82) is 0 Å². The van der Waals surface area contributed by atoms with Crippen molar-refractivity contribution in [2.24, 2.45) is 5.92 Å². The lowest BCUT2D eigenvalue weighted by Crippen LogP contribution is -2.41. The minimum Gasteiger partial charge on any atom is -0.480 e. The summed E-state index contributed by atoms with van der Waals surface area (Å²) in [6, 6.07) is -0.424. The molecule has 15 heavy (non-hydrogen) atoms. The summed E-state index contributed by atoms with van der Waals surface area (Å²) in [6.45, 7) is 5.37. The lowest BCUT2D eigenvalue weighted by molar-refractivity contribution is -0.140. The first-order valence-corrected chi connectivity index (χ1v) is 5.54. The zero-order chi connectivity index (χ0) is 11.7. The Labute approximate surface area is 92.0 Å². The Kier molecular flexibility index (Phi) is 8.33. The molecule has 4 heteroatoms. The fourth-order valence-corrected chi connectivity index (χ4v) is 1.41. The third-order valence-electron chi connectivity index (χ3n) is 2.32. The molecule has 0 saturated carbocycles. The van der Waals surface area contributed by atoms with Crippen LogP contribution in [0.1, 0.15) is 33.1 Å². The number of carboxylic acid groups (broad SMARTS) is 1. The molecular weight excluding hydrogens is 194 g/mol. The quantitative estimate of drug-likeness (QED) is 0.575. The van der Waals surface area contributed by atoms with Gasteiger partial charge in [-0.15, -0.1) is 0 Å². The average Bonchev–Trinajstić information content (AvgIpc) is 2.15. The zero-order valence-corrected chi connectivity index (χ0v) is 9.95. The van der Waals surface area contributed by atoms with E-state index in [1.165, 1.54) is 0 Å². The summed E-state index contributed by atoms with van der Waals surface area (Å²) >= 11 is 0. The summed E-state index contributed by atoms with van der Waals surface area (Å²) in [4.78, 5) is 10.8. The van der Waals surface area contributed by atoms with E-state index in [2.05, 4.69) is 5.32 Å². The van der Waals surface area contributed by atoms with Gasteiger partial charge in [0.05, 0.1) is 0 Å². The molecule has 90 valence electrons. The van der Waals surface area contributed by atoms with Crippen molar-refractivity contribution in [3.05, 3.63) is 0 Å². The van der Waals surface area contributed by atoms with Gasteiger partial charge in [-0.3, -0.25) is 4.79 Å². The lowest BCUT2D eigenvalue weighted by atomic mass is 10.0. The number of nitrogens with one attached hydrogen (secondary N) is 1. The number of unbranched alkanes of at least 4 members (excludes halogenated alkanes) is 2. The molecule has 0 fully saturated rings. The molecule has 0 aliphatic carbocycles. The van der Waals surface area contributed by atoms with Crippen LogP contribution in [0.25, 0.3) is 0 Å². The van der Waals surface area contributed by atoms with E-state index in [9.17, 15) is 4.79 Å². The van der Waals surface area contributed by atoms with Crippen molar-refractivity contribution in [2.45, 2.75) is 39.2 Å². The second-order valence-electron chi connectivity index (χ2n) is 4.07. The molecule has 0 aromatic carbocycles. The van der Waals surface area contributed by atoms with Crippen LogP contribution < -0.4 is 5.32 Å². The fourth-order valence-electron chi connectivity index (χ4n) is 1.41. The molecule has 0 saturated heterocycles. The summed E-state index contributed by atoms with van der Waals surface area (Å²) < 4.78 is 4.93. The fraction of sp³-hybridized carbons (Fsp3) is 0.909. The second kappa shape index (κ2) is 8.68. The maximum atomic E-state index is 10.8. The lowest BCUT2D eigenvalue weighted by Gasteiger charge is -2.17. The van der Waals surface area contributed by atoms with Crippen LogP contribution in [0.15, 0.2) is 0 Å². The van der Waals surface area contributed by atoms with Gasteiger partial charge in [-0.05, 0) is 31.7 Å². The van der Waals surface area contributed by atoms with Gasteiger partial charge in [-0.2, -0.15) is 0 Å².